The molecule has 0 unspecified atom stereocenters. The molecular weight excluding hydrogens is 385 g/mol. The SMILES string of the molecule is COc1ccc(C(=O)N2[C@H](C)CN(C(=O)c3c[nH]c4ccccc34)C[C@H]2C)c(F)c1. The molecule has 2 heterocycles. The second-order valence-corrected chi connectivity index (χ2v) is 7.71. The maximum atomic E-state index is 14.4. The summed E-state index contributed by atoms with van der Waals surface area (Å²) in [7, 11) is 1.45. The summed E-state index contributed by atoms with van der Waals surface area (Å²) in [6.45, 7) is 4.52. The molecule has 3 aromatic rings. The third kappa shape index (κ3) is 3.40. The van der Waals surface area contributed by atoms with E-state index in [0.717, 1.165) is 10.9 Å². The molecule has 6 nitrogen and oxygen atoms in total. The van der Waals surface area contributed by atoms with Crippen LogP contribution in [0.1, 0.15) is 34.6 Å². The lowest BCUT2D eigenvalue weighted by Crippen LogP contribution is -2.59. The van der Waals surface area contributed by atoms with Crippen molar-refractivity contribution in [3.8, 4) is 5.75 Å². The van der Waals surface area contributed by atoms with Crippen molar-refractivity contribution in [1.82, 2.24) is 14.8 Å². The fourth-order valence-electron chi connectivity index (χ4n) is 4.24. The highest BCUT2D eigenvalue weighted by molar-refractivity contribution is 6.06. The molecule has 1 saturated heterocycles. The number of aromatic amines is 1. The zero-order valence-electron chi connectivity index (χ0n) is 17.2. The number of fused-ring (bicyclic) bond motifs is 1. The summed E-state index contributed by atoms with van der Waals surface area (Å²) in [5, 5.41) is 0.876. The Morgan fingerprint density at radius 1 is 1.03 bits per heavy atom. The lowest BCUT2D eigenvalue weighted by Gasteiger charge is -2.44. The van der Waals surface area contributed by atoms with Crippen molar-refractivity contribution in [3.05, 3.63) is 65.6 Å². The van der Waals surface area contributed by atoms with E-state index in [2.05, 4.69) is 4.98 Å². The van der Waals surface area contributed by atoms with Gasteiger partial charge in [-0.3, -0.25) is 9.59 Å². The van der Waals surface area contributed by atoms with Gasteiger partial charge < -0.3 is 19.5 Å². The van der Waals surface area contributed by atoms with Crippen LogP contribution in [0.2, 0.25) is 0 Å². The van der Waals surface area contributed by atoms with Crippen LogP contribution in [-0.4, -0.2) is 58.9 Å². The predicted molar refractivity (Wildman–Crippen MR) is 112 cm³/mol. The van der Waals surface area contributed by atoms with E-state index in [1.807, 2.05) is 38.1 Å². The van der Waals surface area contributed by atoms with Gasteiger partial charge in [-0.1, -0.05) is 18.2 Å². The normalized spacial score (nSPS) is 19.2. The average molecular weight is 409 g/mol. The van der Waals surface area contributed by atoms with Crippen LogP contribution in [0.4, 0.5) is 4.39 Å². The molecule has 2 amide bonds. The van der Waals surface area contributed by atoms with Gasteiger partial charge in [-0.05, 0) is 32.0 Å². The minimum atomic E-state index is -0.615. The lowest BCUT2D eigenvalue weighted by molar-refractivity contribution is 0.0252. The highest BCUT2D eigenvalue weighted by Crippen LogP contribution is 2.25. The third-order valence-corrected chi connectivity index (χ3v) is 5.67. The number of nitrogens with zero attached hydrogens (tertiary/aromatic N) is 2. The number of carbonyl (C=O) groups is 2. The molecular formula is C23H24FN3O3. The third-order valence-electron chi connectivity index (χ3n) is 5.67. The second kappa shape index (κ2) is 7.82. The monoisotopic (exact) mass is 409 g/mol. The van der Waals surface area contributed by atoms with Gasteiger partial charge in [-0.25, -0.2) is 4.39 Å². The van der Waals surface area contributed by atoms with E-state index < -0.39 is 5.82 Å². The standard InChI is InChI=1S/C23H24FN3O3/c1-14-12-26(22(28)19-11-25-21-7-5-4-6-17(19)21)13-15(2)27(14)23(29)18-9-8-16(30-3)10-20(18)24/h4-11,14-15,25H,12-13H2,1-3H3/t14-,15-/m1/s1. The van der Waals surface area contributed by atoms with Crippen LogP contribution in [0.15, 0.2) is 48.7 Å². The Balaban J connectivity index is 1.54. The van der Waals surface area contributed by atoms with Crippen molar-refractivity contribution >= 4 is 22.7 Å². The van der Waals surface area contributed by atoms with Crippen molar-refractivity contribution in [2.24, 2.45) is 0 Å². The number of hydrogen-bond donors (Lipinski definition) is 1. The number of ether oxygens (including phenoxy) is 1. The molecule has 1 N–H and O–H groups in total. The van der Waals surface area contributed by atoms with Gasteiger partial charge in [0.05, 0.1) is 18.2 Å². The molecule has 2 aromatic carbocycles. The number of aromatic nitrogens is 1. The summed E-state index contributed by atoms with van der Waals surface area (Å²) in [6, 6.07) is 11.4. The molecule has 0 bridgehead atoms. The Labute approximate surface area is 174 Å². The molecule has 30 heavy (non-hydrogen) atoms. The van der Waals surface area contributed by atoms with Gasteiger partial charge in [-0.15, -0.1) is 0 Å². The number of nitrogens with one attached hydrogen (secondary N) is 1. The number of halogens is 1. The highest BCUT2D eigenvalue weighted by Gasteiger charge is 2.36. The molecule has 1 aromatic heterocycles. The van der Waals surface area contributed by atoms with E-state index in [-0.39, 0.29) is 29.5 Å². The largest absolute Gasteiger partial charge is 0.497 e. The minimum Gasteiger partial charge on any atom is -0.497 e. The Bertz CT molecular complexity index is 1100. The molecule has 4 rings (SSSR count). The molecule has 0 spiro atoms. The van der Waals surface area contributed by atoms with Gasteiger partial charge in [0.15, 0.2) is 0 Å². The molecule has 2 atom stereocenters. The van der Waals surface area contributed by atoms with Gasteiger partial charge in [-0.2, -0.15) is 0 Å². The first-order valence-electron chi connectivity index (χ1n) is 9.92. The van der Waals surface area contributed by atoms with Crippen LogP contribution in [0.3, 0.4) is 0 Å². The zero-order valence-corrected chi connectivity index (χ0v) is 17.2. The van der Waals surface area contributed by atoms with Crippen LogP contribution in [-0.2, 0) is 0 Å². The van der Waals surface area contributed by atoms with Crippen LogP contribution in [0, 0.1) is 5.82 Å². The van der Waals surface area contributed by atoms with Crippen molar-refractivity contribution < 1.29 is 18.7 Å². The number of amides is 2. The van der Waals surface area contributed by atoms with E-state index in [1.165, 1.54) is 19.2 Å². The maximum absolute atomic E-state index is 14.4. The smallest absolute Gasteiger partial charge is 0.257 e. The topological polar surface area (TPSA) is 65.6 Å². The predicted octanol–water partition coefficient (Wildman–Crippen LogP) is 3.69. The van der Waals surface area contributed by atoms with E-state index in [1.54, 1.807) is 22.1 Å². The summed E-state index contributed by atoms with van der Waals surface area (Å²) in [4.78, 5) is 32.8. The Kier molecular flexibility index (Phi) is 5.20. The second-order valence-electron chi connectivity index (χ2n) is 7.71. The molecule has 1 aliphatic rings. The number of H-pyrrole nitrogens is 1. The summed E-state index contributed by atoms with van der Waals surface area (Å²) < 4.78 is 19.5. The Morgan fingerprint density at radius 3 is 2.40 bits per heavy atom. The fourth-order valence-corrected chi connectivity index (χ4v) is 4.24. The summed E-state index contributed by atoms with van der Waals surface area (Å²) in [5.41, 5.74) is 1.53. The molecule has 1 aliphatic heterocycles. The molecule has 0 aliphatic carbocycles. The Morgan fingerprint density at radius 2 is 1.73 bits per heavy atom. The van der Waals surface area contributed by atoms with E-state index in [4.69, 9.17) is 4.74 Å². The number of para-hydroxylation sites is 1. The maximum Gasteiger partial charge on any atom is 0.257 e. The average Bonchev–Trinajstić information content (AvgIpc) is 3.16. The number of rotatable bonds is 3. The Hall–Kier alpha value is -3.35. The molecule has 156 valence electrons. The highest BCUT2D eigenvalue weighted by atomic mass is 19.1. The number of hydrogen-bond acceptors (Lipinski definition) is 3. The van der Waals surface area contributed by atoms with Crippen molar-refractivity contribution in [2.45, 2.75) is 25.9 Å². The quantitative estimate of drug-likeness (QED) is 0.718. The van der Waals surface area contributed by atoms with Gasteiger partial charge in [0.2, 0.25) is 0 Å². The molecule has 0 radical (unpaired) electrons. The first-order chi connectivity index (χ1) is 14.4. The number of carbonyl (C=O) groups excluding carboxylic acids is 2. The van der Waals surface area contributed by atoms with E-state index in [0.29, 0.717) is 24.4 Å². The van der Waals surface area contributed by atoms with Gasteiger partial charge in [0, 0.05) is 48.3 Å². The fraction of sp³-hybridized carbons (Fsp3) is 0.304. The number of benzene rings is 2. The van der Waals surface area contributed by atoms with E-state index in [9.17, 15) is 14.0 Å². The first kappa shape index (κ1) is 19.9. The van der Waals surface area contributed by atoms with E-state index >= 15 is 0 Å². The first-order valence-corrected chi connectivity index (χ1v) is 9.92. The molecule has 1 fully saturated rings. The van der Waals surface area contributed by atoms with Crippen molar-refractivity contribution in [1.29, 1.82) is 0 Å². The van der Waals surface area contributed by atoms with Crippen LogP contribution < -0.4 is 4.74 Å². The summed E-state index contributed by atoms with van der Waals surface area (Å²) in [6.07, 6.45) is 1.73. The van der Waals surface area contributed by atoms with Crippen molar-refractivity contribution in [3.63, 3.8) is 0 Å². The van der Waals surface area contributed by atoms with Crippen LogP contribution in [0.5, 0.6) is 5.75 Å². The van der Waals surface area contributed by atoms with Crippen LogP contribution >= 0.6 is 0 Å². The molecule has 7 heteroatoms. The summed E-state index contributed by atoms with van der Waals surface area (Å²) >= 11 is 0. The summed E-state index contributed by atoms with van der Waals surface area (Å²) in [5.74, 6) is -0.710. The van der Waals surface area contributed by atoms with Crippen molar-refractivity contribution in [2.75, 3.05) is 20.2 Å². The number of methoxy groups -OCH3 is 1. The number of piperazine rings is 1. The van der Waals surface area contributed by atoms with Gasteiger partial charge in [0.1, 0.15) is 11.6 Å². The zero-order chi connectivity index (χ0) is 21.4. The van der Waals surface area contributed by atoms with Gasteiger partial charge >= 0.3 is 0 Å². The van der Waals surface area contributed by atoms with Gasteiger partial charge in [0.25, 0.3) is 11.8 Å². The minimum absolute atomic E-state index is 0.00547. The molecule has 0 saturated carbocycles. The lowest BCUT2D eigenvalue weighted by atomic mass is 10.0. The van der Waals surface area contributed by atoms with Crippen LogP contribution in [0.25, 0.3) is 10.9 Å².